The van der Waals surface area contributed by atoms with E-state index in [-0.39, 0.29) is 5.56 Å². The third-order valence-corrected chi connectivity index (χ3v) is 6.19. The molecule has 3 rings (SSSR count). The van der Waals surface area contributed by atoms with Crippen molar-refractivity contribution in [3.8, 4) is 17.2 Å². The predicted molar refractivity (Wildman–Crippen MR) is 126 cm³/mol. The summed E-state index contributed by atoms with van der Waals surface area (Å²) >= 11 is 0. The Bertz CT molecular complexity index is 937. The van der Waals surface area contributed by atoms with Crippen LogP contribution in [0.1, 0.15) is 28.8 Å². The van der Waals surface area contributed by atoms with Crippen LogP contribution in [-0.4, -0.2) is 83.2 Å². The van der Waals surface area contributed by atoms with E-state index in [0.29, 0.717) is 25.5 Å². The normalized spacial score (nSPS) is 14.8. The topological polar surface area (TPSA) is 125 Å². The molecule has 9 nitrogen and oxygen atoms in total. The number of phenolic OH excluding ortho intramolecular Hbond substituents is 3. The minimum atomic E-state index is -0.638. The number of benzene rings is 2. The van der Waals surface area contributed by atoms with Gasteiger partial charge in [0.15, 0.2) is 17.2 Å². The van der Waals surface area contributed by atoms with Gasteiger partial charge in [0, 0.05) is 36.9 Å². The van der Waals surface area contributed by atoms with Gasteiger partial charge in [-0.2, -0.15) is 0 Å². The standard InChI is InChI=1S/C24H32N4O5/c1-27(10-6-17-4-2-3-5-20(17)26-16-29)19-7-11-28(12-8-19)13-9-25-24(33)18-14-21(30)23(32)22(31)15-18/h2-5,14-16,19,30-32H,6-13H2,1H3,(H,25,33)(H,26,29). The van der Waals surface area contributed by atoms with Crippen molar-refractivity contribution in [3.63, 3.8) is 0 Å². The molecule has 178 valence electrons. The molecule has 1 saturated heterocycles. The molecule has 0 radical (unpaired) electrons. The summed E-state index contributed by atoms with van der Waals surface area (Å²) in [6.07, 6.45) is 3.65. The van der Waals surface area contributed by atoms with Gasteiger partial charge in [0.05, 0.1) is 0 Å². The van der Waals surface area contributed by atoms with Crippen LogP contribution in [0.3, 0.4) is 0 Å². The molecule has 1 aliphatic rings. The highest BCUT2D eigenvalue weighted by atomic mass is 16.3. The van der Waals surface area contributed by atoms with Gasteiger partial charge in [0.25, 0.3) is 5.91 Å². The Morgan fingerprint density at radius 3 is 2.48 bits per heavy atom. The van der Waals surface area contributed by atoms with Crippen molar-refractivity contribution in [3.05, 3.63) is 47.5 Å². The molecule has 2 amide bonds. The third-order valence-electron chi connectivity index (χ3n) is 6.19. The molecule has 0 spiro atoms. The van der Waals surface area contributed by atoms with E-state index in [1.54, 1.807) is 0 Å². The van der Waals surface area contributed by atoms with Gasteiger partial charge >= 0.3 is 0 Å². The number of likely N-dealkylation sites (N-methyl/N-ethyl adjacent to an activating group) is 1. The zero-order valence-electron chi connectivity index (χ0n) is 18.8. The van der Waals surface area contributed by atoms with Gasteiger partial charge in [-0.25, -0.2) is 0 Å². The lowest BCUT2D eigenvalue weighted by molar-refractivity contribution is -0.105. The molecule has 0 saturated carbocycles. The minimum absolute atomic E-state index is 0.0908. The van der Waals surface area contributed by atoms with E-state index in [0.717, 1.165) is 62.3 Å². The highest BCUT2D eigenvalue weighted by molar-refractivity contribution is 5.95. The number of aromatic hydroxyl groups is 3. The maximum Gasteiger partial charge on any atom is 0.251 e. The zero-order chi connectivity index (χ0) is 23.8. The Kier molecular flexibility index (Phi) is 8.51. The molecule has 33 heavy (non-hydrogen) atoms. The first-order valence-electron chi connectivity index (χ1n) is 11.1. The Morgan fingerprint density at radius 2 is 1.82 bits per heavy atom. The third kappa shape index (κ3) is 6.59. The second kappa shape index (κ2) is 11.5. The number of nitrogens with zero attached hydrogens (tertiary/aromatic N) is 2. The van der Waals surface area contributed by atoms with Gasteiger partial charge in [-0.15, -0.1) is 0 Å². The maximum atomic E-state index is 12.2. The van der Waals surface area contributed by atoms with Crippen LogP contribution < -0.4 is 10.6 Å². The Labute approximate surface area is 193 Å². The van der Waals surface area contributed by atoms with E-state index in [1.165, 1.54) is 0 Å². The Hall–Kier alpha value is -3.30. The van der Waals surface area contributed by atoms with E-state index in [2.05, 4.69) is 27.5 Å². The number of likely N-dealkylation sites (tertiary alicyclic amines) is 1. The number of amides is 2. The average Bonchev–Trinajstić information content (AvgIpc) is 2.82. The van der Waals surface area contributed by atoms with Crippen molar-refractivity contribution < 1.29 is 24.9 Å². The van der Waals surface area contributed by atoms with Crippen LogP contribution in [0.15, 0.2) is 36.4 Å². The fraction of sp³-hybridized carbons (Fsp3) is 0.417. The number of hydrogen-bond acceptors (Lipinski definition) is 7. The molecule has 0 unspecified atom stereocenters. The molecule has 1 fully saturated rings. The number of carbonyl (C=O) groups excluding carboxylic acids is 2. The van der Waals surface area contributed by atoms with Gasteiger partial charge in [-0.05, 0) is 63.2 Å². The van der Waals surface area contributed by atoms with Crippen molar-refractivity contribution in [1.82, 2.24) is 15.1 Å². The number of rotatable bonds is 10. The number of nitrogens with one attached hydrogen (secondary N) is 2. The number of phenols is 3. The molecule has 2 aromatic carbocycles. The highest BCUT2D eigenvalue weighted by Crippen LogP contribution is 2.35. The molecule has 0 atom stereocenters. The molecular formula is C24H32N4O5. The summed E-state index contributed by atoms with van der Waals surface area (Å²) in [5.74, 6) is -2.12. The average molecular weight is 457 g/mol. The predicted octanol–water partition coefficient (Wildman–Crippen LogP) is 1.74. The first kappa shape index (κ1) is 24.3. The first-order chi connectivity index (χ1) is 15.9. The van der Waals surface area contributed by atoms with E-state index < -0.39 is 23.2 Å². The van der Waals surface area contributed by atoms with Crippen LogP contribution in [0.25, 0.3) is 0 Å². The summed E-state index contributed by atoms with van der Waals surface area (Å²) in [5.41, 5.74) is 2.07. The summed E-state index contributed by atoms with van der Waals surface area (Å²) in [7, 11) is 2.14. The minimum Gasteiger partial charge on any atom is -0.504 e. The van der Waals surface area contributed by atoms with E-state index in [4.69, 9.17) is 0 Å². The lowest BCUT2D eigenvalue weighted by Gasteiger charge is -2.37. The molecular weight excluding hydrogens is 424 g/mol. The molecule has 1 aliphatic heterocycles. The van der Waals surface area contributed by atoms with Gasteiger partial charge in [0.1, 0.15) is 0 Å². The fourth-order valence-electron chi connectivity index (χ4n) is 4.17. The quantitative estimate of drug-likeness (QED) is 0.272. The Balaban J connectivity index is 1.38. The van der Waals surface area contributed by atoms with Crippen LogP contribution in [0.5, 0.6) is 17.2 Å². The lowest BCUT2D eigenvalue weighted by Crippen LogP contribution is -2.45. The van der Waals surface area contributed by atoms with Crippen LogP contribution in [0.2, 0.25) is 0 Å². The molecule has 2 aromatic rings. The first-order valence-corrected chi connectivity index (χ1v) is 11.1. The smallest absolute Gasteiger partial charge is 0.251 e. The molecule has 0 bridgehead atoms. The second-order valence-electron chi connectivity index (χ2n) is 8.34. The molecule has 0 aliphatic carbocycles. The monoisotopic (exact) mass is 456 g/mol. The fourth-order valence-corrected chi connectivity index (χ4v) is 4.17. The van der Waals surface area contributed by atoms with Crippen molar-refractivity contribution >= 4 is 18.0 Å². The summed E-state index contributed by atoms with van der Waals surface area (Å²) < 4.78 is 0. The van der Waals surface area contributed by atoms with Crippen molar-refractivity contribution in [2.45, 2.75) is 25.3 Å². The zero-order valence-corrected chi connectivity index (χ0v) is 18.8. The second-order valence-corrected chi connectivity index (χ2v) is 8.34. The highest BCUT2D eigenvalue weighted by Gasteiger charge is 2.22. The summed E-state index contributed by atoms with van der Waals surface area (Å²) in [5, 5.41) is 34.0. The van der Waals surface area contributed by atoms with Crippen LogP contribution in [0, 0.1) is 0 Å². The summed E-state index contributed by atoms with van der Waals surface area (Å²) in [6, 6.07) is 10.6. The van der Waals surface area contributed by atoms with Gasteiger partial charge < -0.3 is 35.8 Å². The van der Waals surface area contributed by atoms with Crippen LogP contribution >= 0.6 is 0 Å². The van der Waals surface area contributed by atoms with E-state index in [9.17, 15) is 24.9 Å². The molecule has 9 heteroatoms. The summed E-state index contributed by atoms with van der Waals surface area (Å²) in [4.78, 5) is 27.7. The van der Waals surface area contributed by atoms with Crippen molar-refractivity contribution in [2.24, 2.45) is 0 Å². The largest absolute Gasteiger partial charge is 0.504 e. The maximum absolute atomic E-state index is 12.2. The molecule has 5 N–H and O–H groups in total. The number of piperidine rings is 1. The Morgan fingerprint density at radius 1 is 1.15 bits per heavy atom. The van der Waals surface area contributed by atoms with Gasteiger partial charge in [-0.3, -0.25) is 9.59 Å². The number of hydrogen-bond donors (Lipinski definition) is 5. The van der Waals surface area contributed by atoms with Gasteiger partial charge in [-0.1, -0.05) is 18.2 Å². The lowest BCUT2D eigenvalue weighted by atomic mass is 10.0. The van der Waals surface area contributed by atoms with Gasteiger partial charge in [0.2, 0.25) is 6.41 Å². The SMILES string of the molecule is CN(CCc1ccccc1NC=O)C1CCN(CCNC(=O)c2cc(O)c(O)c(O)c2)CC1. The van der Waals surface area contributed by atoms with Crippen LogP contribution in [-0.2, 0) is 11.2 Å². The number of anilines is 1. The van der Waals surface area contributed by atoms with E-state index >= 15 is 0 Å². The van der Waals surface area contributed by atoms with Crippen molar-refractivity contribution in [2.75, 3.05) is 45.1 Å². The number of carbonyl (C=O) groups is 2. The molecule has 1 heterocycles. The molecule has 0 aromatic heterocycles. The van der Waals surface area contributed by atoms with E-state index in [1.807, 2.05) is 24.3 Å². The number of para-hydroxylation sites is 1. The van der Waals surface area contributed by atoms with Crippen LogP contribution in [0.4, 0.5) is 5.69 Å². The summed E-state index contributed by atoms with van der Waals surface area (Å²) in [6.45, 7) is 3.94. The van der Waals surface area contributed by atoms with Crippen molar-refractivity contribution in [1.29, 1.82) is 0 Å².